The molecule has 134 valence electrons. The van der Waals surface area contributed by atoms with Gasteiger partial charge in [0.1, 0.15) is 5.82 Å². The predicted octanol–water partition coefficient (Wildman–Crippen LogP) is 4.51. The summed E-state index contributed by atoms with van der Waals surface area (Å²) in [6.45, 7) is 0. The molecule has 0 aliphatic carbocycles. The fraction of sp³-hybridized carbons (Fsp3) is 0.0476. The maximum absolute atomic E-state index is 13.8. The Hall–Kier alpha value is -3.12. The van der Waals surface area contributed by atoms with Gasteiger partial charge in [0.05, 0.1) is 27.3 Å². The first kappa shape index (κ1) is 17.3. The van der Waals surface area contributed by atoms with Crippen molar-refractivity contribution >= 4 is 20.9 Å². The number of sulfone groups is 1. The second-order valence-electron chi connectivity index (χ2n) is 6.22. The molecule has 3 aromatic carbocycles. The van der Waals surface area contributed by atoms with E-state index < -0.39 is 9.84 Å². The summed E-state index contributed by atoms with van der Waals surface area (Å²) in [5.41, 5.74) is 3.84. The summed E-state index contributed by atoms with van der Waals surface area (Å²) in [7, 11) is -3.29. The van der Waals surface area contributed by atoms with E-state index in [1.54, 1.807) is 24.3 Å². The Labute approximate surface area is 156 Å². The Balaban J connectivity index is 1.96. The van der Waals surface area contributed by atoms with E-state index in [9.17, 15) is 12.8 Å². The van der Waals surface area contributed by atoms with Crippen molar-refractivity contribution in [1.82, 2.24) is 9.97 Å². The SMILES string of the molecule is CS(=O)(=O)c1ccc(-c2nc3ccccc3nc2-c2cccc(F)c2)cc1. The van der Waals surface area contributed by atoms with Gasteiger partial charge in [-0.3, -0.25) is 0 Å². The number of hydrogen-bond acceptors (Lipinski definition) is 4. The van der Waals surface area contributed by atoms with Crippen LogP contribution < -0.4 is 0 Å². The van der Waals surface area contributed by atoms with E-state index in [0.29, 0.717) is 33.5 Å². The van der Waals surface area contributed by atoms with Crippen LogP contribution in [-0.4, -0.2) is 24.6 Å². The first-order chi connectivity index (χ1) is 12.9. The number of para-hydroxylation sites is 2. The van der Waals surface area contributed by atoms with E-state index in [1.165, 1.54) is 24.3 Å². The Morgan fingerprint density at radius 3 is 1.89 bits per heavy atom. The molecule has 0 atom stereocenters. The van der Waals surface area contributed by atoms with E-state index >= 15 is 0 Å². The second-order valence-corrected chi connectivity index (χ2v) is 8.23. The molecule has 4 nitrogen and oxygen atoms in total. The normalized spacial score (nSPS) is 11.6. The fourth-order valence-electron chi connectivity index (χ4n) is 2.90. The van der Waals surface area contributed by atoms with Crippen LogP contribution in [0.15, 0.2) is 77.7 Å². The predicted molar refractivity (Wildman–Crippen MR) is 103 cm³/mol. The molecule has 0 spiro atoms. The lowest BCUT2D eigenvalue weighted by Crippen LogP contribution is -1.98. The first-order valence-electron chi connectivity index (χ1n) is 8.25. The molecule has 4 aromatic rings. The van der Waals surface area contributed by atoms with E-state index in [-0.39, 0.29) is 10.7 Å². The first-order valence-corrected chi connectivity index (χ1v) is 10.1. The molecule has 27 heavy (non-hydrogen) atoms. The minimum atomic E-state index is -3.29. The molecule has 4 rings (SSSR count). The molecule has 0 aliphatic rings. The molecule has 0 N–H and O–H groups in total. The maximum Gasteiger partial charge on any atom is 0.175 e. The van der Waals surface area contributed by atoms with Crippen molar-refractivity contribution in [3.05, 3.63) is 78.6 Å². The highest BCUT2D eigenvalue weighted by Gasteiger charge is 2.15. The highest BCUT2D eigenvalue weighted by Crippen LogP contribution is 2.31. The summed E-state index contributed by atoms with van der Waals surface area (Å²) in [5.74, 6) is -0.360. The Morgan fingerprint density at radius 1 is 0.741 bits per heavy atom. The van der Waals surface area contributed by atoms with Crippen molar-refractivity contribution in [3.63, 3.8) is 0 Å². The van der Waals surface area contributed by atoms with Crippen LogP contribution in [0, 0.1) is 5.82 Å². The van der Waals surface area contributed by atoms with Crippen molar-refractivity contribution in [2.75, 3.05) is 6.26 Å². The number of hydrogen-bond donors (Lipinski definition) is 0. The van der Waals surface area contributed by atoms with Crippen LogP contribution in [0.3, 0.4) is 0 Å². The molecule has 0 radical (unpaired) electrons. The van der Waals surface area contributed by atoms with Crippen molar-refractivity contribution in [3.8, 4) is 22.5 Å². The third-order valence-electron chi connectivity index (χ3n) is 4.22. The zero-order valence-corrected chi connectivity index (χ0v) is 15.2. The summed E-state index contributed by atoms with van der Waals surface area (Å²) in [6, 6.07) is 20.1. The van der Waals surface area contributed by atoms with Crippen LogP contribution in [0.5, 0.6) is 0 Å². The zero-order chi connectivity index (χ0) is 19.0. The van der Waals surface area contributed by atoms with E-state index in [0.717, 1.165) is 6.26 Å². The highest BCUT2D eigenvalue weighted by atomic mass is 32.2. The number of halogens is 1. The van der Waals surface area contributed by atoms with Gasteiger partial charge in [-0.1, -0.05) is 36.4 Å². The number of benzene rings is 3. The summed E-state index contributed by atoms with van der Waals surface area (Å²) >= 11 is 0. The second kappa shape index (κ2) is 6.55. The molecule has 0 saturated carbocycles. The highest BCUT2D eigenvalue weighted by molar-refractivity contribution is 7.90. The van der Waals surface area contributed by atoms with Gasteiger partial charge in [-0.25, -0.2) is 22.8 Å². The molecule has 0 saturated heterocycles. The molecule has 1 aromatic heterocycles. The molecule has 0 unspecified atom stereocenters. The van der Waals surface area contributed by atoms with Gasteiger partial charge in [0, 0.05) is 17.4 Å². The summed E-state index contributed by atoms with van der Waals surface area (Å²) in [5, 5.41) is 0. The lowest BCUT2D eigenvalue weighted by Gasteiger charge is -2.11. The molecular formula is C21H15FN2O2S. The van der Waals surface area contributed by atoms with Gasteiger partial charge in [-0.05, 0) is 36.4 Å². The van der Waals surface area contributed by atoms with Gasteiger partial charge in [-0.15, -0.1) is 0 Å². The lowest BCUT2D eigenvalue weighted by atomic mass is 10.0. The molecule has 1 heterocycles. The zero-order valence-electron chi connectivity index (χ0n) is 14.4. The number of rotatable bonds is 3. The molecule has 6 heteroatoms. The van der Waals surface area contributed by atoms with E-state index in [4.69, 9.17) is 4.98 Å². The van der Waals surface area contributed by atoms with Crippen molar-refractivity contribution in [2.45, 2.75) is 4.90 Å². The summed E-state index contributed by atoms with van der Waals surface area (Å²) in [6.07, 6.45) is 1.16. The Morgan fingerprint density at radius 2 is 1.33 bits per heavy atom. The molecule has 0 amide bonds. The maximum atomic E-state index is 13.8. The monoisotopic (exact) mass is 378 g/mol. The van der Waals surface area contributed by atoms with Crippen LogP contribution in [0.25, 0.3) is 33.5 Å². The van der Waals surface area contributed by atoms with Gasteiger partial charge in [0.25, 0.3) is 0 Å². The van der Waals surface area contributed by atoms with Crippen molar-refractivity contribution in [2.24, 2.45) is 0 Å². The lowest BCUT2D eigenvalue weighted by molar-refractivity contribution is 0.602. The fourth-order valence-corrected chi connectivity index (χ4v) is 3.53. The van der Waals surface area contributed by atoms with E-state index in [2.05, 4.69) is 4.98 Å². The average molecular weight is 378 g/mol. The molecule has 0 fully saturated rings. The van der Waals surface area contributed by atoms with Crippen LogP contribution in [-0.2, 0) is 9.84 Å². The smallest absolute Gasteiger partial charge is 0.175 e. The Bertz CT molecular complexity index is 1250. The molecule has 0 bridgehead atoms. The number of aromatic nitrogens is 2. The Kier molecular flexibility index (Phi) is 4.20. The van der Waals surface area contributed by atoms with Gasteiger partial charge in [0.15, 0.2) is 9.84 Å². The van der Waals surface area contributed by atoms with E-state index in [1.807, 2.05) is 24.3 Å². The number of nitrogens with zero attached hydrogens (tertiary/aromatic N) is 2. The minimum absolute atomic E-state index is 0.229. The van der Waals surface area contributed by atoms with Gasteiger partial charge < -0.3 is 0 Å². The number of fused-ring (bicyclic) bond motifs is 1. The average Bonchev–Trinajstić information content (AvgIpc) is 2.66. The van der Waals surface area contributed by atoms with Crippen molar-refractivity contribution < 1.29 is 12.8 Å². The van der Waals surface area contributed by atoms with Crippen LogP contribution >= 0.6 is 0 Å². The quantitative estimate of drug-likeness (QED) is 0.526. The van der Waals surface area contributed by atoms with Gasteiger partial charge in [-0.2, -0.15) is 0 Å². The van der Waals surface area contributed by atoms with Crippen LogP contribution in [0.1, 0.15) is 0 Å². The summed E-state index contributed by atoms with van der Waals surface area (Å²) in [4.78, 5) is 9.62. The van der Waals surface area contributed by atoms with Crippen LogP contribution in [0.4, 0.5) is 4.39 Å². The minimum Gasteiger partial charge on any atom is -0.244 e. The largest absolute Gasteiger partial charge is 0.244 e. The van der Waals surface area contributed by atoms with Gasteiger partial charge in [0.2, 0.25) is 0 Å². The third-order valence-corrected chi connectivity index (χ3v) is 5.35. The molecule has 0 aliphatic heterocycles. The van der Waals surface area contributed by atoms with Gasteiger partial charge >= 0.3 is 0 Å². The third kappa shape index (κ3) is 3.44. The standard InChI is InChI=1S/C21H15FN2O2S/c1-27(25,26)17-11-9-14(10-12-17)20-21(15-5-4-6-16(22)13-15)24-19-8-3-2-7-18(19)23-20/h2-13H,1H3. The van der Waals surface area contributed by atoms with Crippen molar-refractivity contribution in [1.29, 1.82) is 0 Å². The topological polar surface area (TPSA) is 59.9 Å². The van der Waals surface area contributed by atoms with Crippen LogP contribution in [0.2, 0.25) is 0 Å². The molecular weight excluding hydrogens is 363 g/mol. The summed E-state index contributed by atoms with van der Waals surface area (Å²) < 4.78 is 37.2.